The number of rotatable bonds is 4. The largest absolute Gasteiger partial charge is 0.339 e. The summed E-state index contributed by atoms with van der Waals surface area (Å²) in [4.78, 5) is 0. The number of halogens is 1. The highest BCUT2D eigenvalue weighted by atomic mass is 35.5. The quantitative estimate of drug-likeness (QED) is 0.590. The molecule has 0 radical (unpaired) electrons. The second-order valence-corrected chi connectivity index (χ2v) is 5.68. The van der Waals surface area contributed by atoms with Gasteiger partial charge in [0, 0.05) is 17.1 Å². The summed E-state index contributed by atoms with van der Waals surface area (Å²) in [6.07, 6.45) is 0. The lowest BCUT2D eigenvalue weighted by Crippen LogP contribution is -2.18. The lowest BCUT2D eigenvalue weighted by Gasteiger charge is -2.11. The molecule has 3 N–H and O–H groups in total. The van der Waals surface area contributed by atoms with Crippen LogP contribution in [0.2, 0.25) is 5.15 Å². The molecule has 0 fully saturated rings. The lowest BCUT2D eigenvalue weighted by molar-refractivity contribution is 1.04. The van der Waals surface area contributed by atoms with Crippen LogP contribution in [0.4, 0.5) is 22.9 Å². The molecule has 0 aliphatic heterocycles. The van der Waals surface area contributed by atoms with Crippen molar-refractivity contribution in [1.29, 1.82) is 0 Å². The van der Waals surface area contributed by atoms with Gasteiger partial charge in [0.25, 0.3) is 0 Å². The van der Waals surface area contributed by atoms with Gasteiger partial charge >= 0.3 is 0 Å². The Bertz CT molecular complexity index is 807. The van der Waals surface area contributed by atoms with Gasteiger partial charge in [-0.1, -0.05) is 29.8 Å². The van der Waals surface area contributed by atoms with E-state index in [0.717, 1.165) is 17.1 Å². The number of thiocarbonyl (C=S) groups is 1. The average molecular weight is 356 g/mol. The molecule has 120 valence electrons. The van der Waals surface area contributed by atoms with Crippen LogP contribution in [0.5, 0.6) is 0 Å². The van der Waals surface area contributed by atoms with Gasteiger partial charge in [0.05, 0.1) is 0 Å². The Balaban J connectivity index is 1.58. The number of benzene rings is 2. The predicted molar refractivity (Wildman–Crippen MR) is 103 cm³/mol. The number of anilines is 4. The first kappa shape index (κ1) is 16.2. The highest BCUT2D eigenvalue weighted by Gasteiger charge is 2.00. The lowest BCUT2D eigenvalue weighted by atomic mass is 10.3. The molecule has 5 nitrogen and oxygen atoms in total. The summed E-state index contributed by atoms with van der Waals surface area (Å²) >= 11 is 11.0. The fraction of sp³-hybridized carbons (Fsp3) is 0. The van der Waals surface area contributed by atoms with Crippen molar-refractivity contribution >= 4 is 51.8 Å². The molecule has 0 bridgehead atoms. The van der Waals surface area contributed by atoms with Gasteiger partial charge in [0.2, 0.25) is 0 Å². The molecule has 0 aliphatic carbocycles. The van der Waals surface area contributed by atoms with E-state index >= 15 is 0 Å². The summed E-state index contributed by atoms with van der Waals surface area (Å²) in [5.41, 5.74) is 2.71. The third-order valence-electron chi connectivity index (χ3n) is 3.08. The highest BCUT2D eigenvalue weighted by molar-refractivity contribution is 7.80. The van der Waals surface area contributed by atoms with Crippen molar-refractivity contribution in [1.82, 2.24) is 10.2 Å². The van der Waals surface area contributed by atoms with Crippen LogP contribution in [0.3, 0.4) is 0 Å². The van der Waals surface area contributed by atoms with E-state index in [9.17, 15) is 0 Å². The Morgan fingerprint density at radius 1 is 0.750 bits per heavy atom. The first-order valence-corrected chi connectivity index (χ1v) is 7.97. The van der Waals surface area contributed by atoms with Gasteiger partial charge in [-0.2, -0.15) is 0 Å². The van der Waals surface area contributed by atoms with Gasteiger partial charge in [0.1, 0.15) is 0 Å². The van der Waals surface area contributed by atoms with Crippen LogP contribution in [0, 0.1) is 0 Å². The van der Waals surface area contributed by atoms with E-state index < -0.39 is 0 Å². The van der Waals surface area contributed by atoms with Crippen LogP contribution < -0.4 is 16.0 Å². The minimum Gasteiger partial charge on any atom is -0.339 e. The number of nitrogens with one attached hydrogen (secondary N) is 3. The summed E-state index contributed by atoms with van der Waals surface area (Å²) in [5, 5.41) is 18.0. The minimum atomic E-state index is 0.361. The summed E-state index contributed by atoms with van der Waals surface area (Å²) in [5.74, 6) is 0.626. The molecule has 0 amide bonds. The first-order valence-electron chi connectivity index (χ1n) is 7.18. The Hall–Kier alpha value is -2.70. The topological polar surface area (TPSA) is 61.9 Å². The SMILES string of the molecule is S=C(Nc1ccccc1)Nc1ccc(Nc2ccc(Cl)nn2)cc1. The zero-order valence-corrected chi connectivity index (χ0v) is 14.1. The van der Waals surface area contributed by atoms with E-state index in [-0.39, 0.29) is 0 Å². The van der Waals surface area contributed by atoms with E-state index in [0.29, 0.717) is 16.1 Å². The van der Waals surface area contributed by atoms with Gasteiger partial charge in [-0.3, -0.25) is 0 Å². The molecule has 0 spiro atoms. The molecular formula is C17H14ClN5S. The van der Waals surface area contributed by atoms with Crippen LogP contribution in [-0.2, 0) is 0 Å². The molecule has 2 aromatic carbocycles. The second-order valence-electron chi connectivity index (χ2n) is 4.89. The molecule has 0 saturated carbocycles. The molecule has 3 aromatic rings. The molecular weight excluding hydrogens is 342 g/mol. The van der Waals surface area contributed by atoms with Crippen LogP contribution in [-0.4, -0.2) is 15.3 Å². The Kier molecular flexibility index (Phi) is 5.20. The van der Waals surface area contributed by atoms with Gasteiger partial charge in [-0.15, -0.1) is 10.2 Å². The fourth-order valence-corrected chi connectivity index (χ4v) is 2.32. The van der Waals surface area contributed by atoms with Crippen LogP contribution >= 0.6 is 23.8 Å². The van der Waals surface area contributed by atoms with Crippen molar-refractivity contribution in [3.8, 4) is 0 Å². The normalized spacial score (nSPS) is 10.0. The van der Waals surface area contributed by atoms with Crippen molar-refractivity contribution < 1.29 is 0 Å². The third kappa shape index (κ3) is 4.65. The summed E-state index contributed by atoms with van der Waals surface area (Å²) < 4.78 is 0. The van der Waals surface area contributed by atoms with E-state index in [2.05, 4.69) is 26.1 Å². The molecule has 1 heterocycles. The number of hydrogen-bond acceptors (Lipinski definition) is 4. The smallest absolute Gasteiger partial charge is 0.175 e. The number of aromatic nitrogens is 2. The standard InChI is InChI=1S/C17H14ClN5S/c18-15-10-11-16(23-22-15)19-13-6-8-14(9-7-13)21-17(24)20-12-4-2-1-3-5-12/h1-11H,(H,19,23)(H2,20,21,24). The van der Waals surface area contributed by atoms with Gasteiger partial charge in [-0.25, -0.2) is 0 Å². The summed E-state index contributed by atoms with van der Waals surface area (Å²) in [6, 6.07) is 20.9. The van der Waals surface area contributed by atoms with Crippen molar-refractivity contribution in [3.05, 3.63) is 71.9 Å². The number of hydrogen-bond donors (Lipinski definition) is 3. The molecule has 7 heteroatoms. The zero-order chi connectivity index (χ0) is 16.8. The molecule has 0 aliphatic rings. The second kappa shape index (κ2) is 7.72. The maximum atomic E-state index is 5.71. The first-order chi connectivity index (χ1) is 11.7. The Morgan fingerprint density at radius 3 is 2.00 bits per heavy atom. The summed E-state index contributed by atoms with van der Waals surface area (Å²) in [6.45, 7) is 0. The van der Waals surface area contributed by atoms with E-state index in [1.54, 1.807) is 12.1 Å². The highest BCUT2D eigenvalue weighted by Crippen LogP contribution is 2.18. The summed E-state index contributed by atoms with van der Waals surface area (Å²) in [7, 11) is 0. The molecule has 0 saturated heterocycles. The maximum absolute atomic E-state index is 5.71. The van der Waals surface area contributed by atoms with E-state index in [1.807, 2.05) is 54.6 Å². The van der Waals surface area contributed by atoms with Crippen LogP contribution in [0.15, 0.2) is 66.7 Å². The van der Waals surface area contributed by atoms with Gasteiger partial charge in [0.15, 0.2) is 16.1 Å². The predicted octanol–water partition coefficient (Wildman–Crippen LogP) is 4.68. The van der Waals surface area contributed by atoms with Crippen molar-refractivity contribution in [3.63, 3.8) is 0 Å². The van der Waals surface area contributed by atoms with Crippen LogP contribution in [0.25, 0.3) is 0 Å². The third-order valence-corrected chi connectivity index (χ3v) is 3.48. The van der Waals surface area contributed by atoms with Gasteiger partial charge < -0.3 is 16.0 Å². The minimum absolute atomic E-state index is 0.361. The Morgan fingerprint density at radius 2 is 1.38 bits per heavy atom. The van der Waals surface area contributed by atoms with Crippen molar-refractivity contribution in [2.45, 2.75) is 0 Å². The Labute approximate surface area is 150 Å². The van der Waals surface area contributed by atoms with E-state index in [1.165, 1.54) is 0 Å². The number of nitrogens with zero attached hydrogens (tertiary/aromatic N) is 2. The molecule has 0 atom stereocenters. The van der Waals surface area contributed by atoms with Crippen molar-refractivity contribution in [2.24, 2.45) is 0 Å². The molecule has 1 aromatic heterocycles. The molecule has 24 heavy (non-hydrogen) atoms. The van der Waals surface area contributed by atoms with Gasteiger partial charge in [-0.05, 0) is 60.7 Å². The molecule has 0 unspecified atom stereocenters. The van der Waals surface area contributed by atoms with Crippen LogP contribution in [0.1, 0.15) is 0 Å². The average Bonchev–Trinajstić information content (AvgIpc) is 2.59. The molecule has 3 rings (SSSR count). The van der Waals surface area contributed by atoms with E-state index in [4.69, 9.17) is 23.8 Å². The number of para-hydroxylation sites is 1. The monoisotopic (exact) mass is 355 g/mol. The maximum Gasteiger partial charge on any atom is 0.175 e. The zero-order valence-electron chi connectivity index (χ0n) is 12.5. The van der Waals surface area contributed by atoms with Crippen molar-refractivity contribution in [2.75, 3.05) is 16.0 Å². The fourth-order valence-electron chi connectivity index (χ4n) is 1.98.